The summed E-state index contributed by atoms with van der Waals surface area (Å²) in [5, 5.41) is 12.5. The summed E-state index contributed by atoms with van der Waals surface area (Å²) in [6.45, 7) is 3.99. The number of aromatic nitrogens is 4. The molecular weight excluding hydrogens is 394 g/mol. The zero-order valence-corrected chi connectivity index (χ0v) is 17.8. The molecule has 0 radical (unpaired) electrons. The zero-order chi connectivity index (χ0) is 20.9. The van der Waals surface area contributed by atoms with E-state index in [2.05, 4.69) is 27.6 Å². The molecule has 1 amide bonds. The van der Waals surface area contributed by atoms with Gasteiger partial charge in [-0.15, -0.1) is 10.2 Å². The molecule has 0 aliphatic carbocycles. The van der Waals surface area contributed by atoms with Gasteiger partial charge in [-0.25, -0.2) is 4.68 Å². The van der Waals surface area contributed by atoms with Crippen molar-refractivity contribution in [1.82, 2.24) is 19.5 Å². The maximum atomic E-state index is 12.6. The van der Waals surface area contributed by atoms with Crippen molar-refractivity contribution in [2.75, 3.05) is 11.1 Å². The molecule has 0 aliphatic rings. The molecule has 7 heteroatoms. The summed E-state index contributed by atoms with van der Waals surface area (Å²) < 4.78 is 3.88. The van der Waals surface area contributed by atoms with Crippen LogP contribution in [0.25, 0.3) is 0 Å². The Balaban J connectivity index is 1.52. The number of nitrogens with one attached hydrogen (secondary N) is 1. The number of carbonyl (C=O) groups is 1. The van der Waals surface area contributed by atoms with E-state index in [1.165, 1.54) is 11.8 Å². The number of aryl methyl sites for hydroxylation is 2. The lowest BCUT2D eigenvalue weighted by atomic mass is 10.1. The van der Waals surface area contributed by atoms with Crippen molar-refractivity contribution in [1.29, 1.82) is 0 Å². The number of para-hydroxylation sites is 1. The summed E-state index contributed by atoms with van der Waals surface area (Å²) in [7, 11) is 0. The lowest BCUT2D eigenvalue weighted by Gasteiger charge is -2.13. The molecule has 30 heavy (non-hydrogen) atoms. The Kier molecular flexibility index (Phi) is 5.99. The molecule has 2 aromatic carbocycles. The van der Waals surface area contributed by atoms with Gasteiger partial charge in [-0.1, -0.05) is 60.3 Å². The topological polar surface area (TPSA) is 64.7 Å². The quantitative estimate of drug-likeness (QED) is 0.455. The van der Waals surface area contributed by atoms with Crippen molar-refractivity contribution in [3.05, 3.63) is 95.6 Å². The van der Waals surface area contributed by atoms with E-state index in [9.17, 15) is 4.79 Å². The number of carbonyl (C=O) groups excluding carboxylic acids is 1. The summed E-state index contributed by atoms with van der Waals surface area (Å²) in [5.74, 6) is 0.998. The summed E-state index contributed by atoms with van der Waals surface area (Å²) >= 11 is 1.37. The van der Waals surface area contributed by atoms with E-state index in [-0.39, 0.29) is 11.7 Å². The van der Waals surface area contributed by atoms with Crippen molar-refractivity contribution < 1.29 is 4.79 Å². The Labute approximate surface area is 179 Å². The molecule has 0 aliphatic heterocycles. The molecule has 0 spiro atoms. The number of amides is 1. The normalized spacial score (nSPS) is 10.9. The standard InChI is InChI=1S/C23H23N5OS/c1-17-9-8-10-18(2)22(17)24-21(29)16-30-23-26-25-20(15-19-11-4-3-5-12-19)28(23)27-13-6-7-14-27/h3-14H,15-16H2,1-2H3,(H,24,29). The summed E-state index contributed by atoms with van der Waals surface area (Å²) in [4.78, 5) is 12.6. The van der Waals surface area contributed by atoms with Gasteiger partial charge in [0.05, 0.1) is 5.75 Å². The van der Waals surface area contributed by atoms with E-state index >= 15 is 0 Å². The number of hydrogen-bond acceptors (Lipinski definition) is 4. The minimum Gasteiger partial charge on any atom is -0.325 e. The largest absolute Gasteiger partial charge is 0.325 e. The van der Waals surface area contributed by atoms with Crippen LogP contribution in [-0.2, 0) is 11.2 Å². The SMILES string of the molecule is Cc1cccc(C)c1NC(=O)CSc1nnc(Cc2ccccc2)n1-n1cccc1. The lowest BCUT2D eigenvalue weighted by molar-refractivity contribution is -0.113. The van der Waals surface area contributed by atoms with E-state index in [1.807, 2.05) is 84.1 Å². The van der Waals surface area contributed by atoms with E-state index in [0.717, 1.165) is 28.2 Å². The Bertz CT molecular complexity index is 1120. The van der Waals surface area contributed by atoms with E-state index in [4.69, 9.17) is 0 Å². The minimum atomic E-state index is -0.0657. The molecule has 0 atom stereocenters. The van der Waals surface area contributed by atoms with Gasteiger partial charge >= 0.3 is 0 Å². The van der Waals surface area contributed by atoms with Gasteiger partial charge in [0.15, 0.2) is 5.82 Å². The highest BCUT2D eigenvalue weighted by molar-refractivity contribution is 7.99. The van der Waals surface area contributed by atoms with Crippen molar-refractivity contribution in [2.24, 2.45) is 0 Å². The van der Waals surface area contributed by atoms with Crippen LogP contribution in [0, 0.1) is 13.8 Å². The van der Waals surface area contributed by atoms with Crippen molar-refractivity contribution in [3.8, 4) is 0 Å². The van der Waals surface area contributed by atoms with Gasteiger partial charge < -0.3 is 5.32 Å². The molecule has 0 bridgehead atoms. The monoisotopic (exact) mass is 417 g/mol. The first-order valence-electron chi connectivity index (χ1n) is 9.72. The van der Waals surface area contributed by atoms with Crippen LogP contribution in [-0.4, -0.2) is 31.2 Å². The predicted molar refractivity (Wildman–Crippen MR) is 120 cm³/mol. The van der Waals surface area contributed by atoms with Gasteiger partial charge in [-0.2, -0.15) is 0 Å². The van der Waals surface area contributed by atoms with Gasteiger partial charge in [0.1, 0.15) is 0 Å². The fraction of sp³-hybridized carbons (Fsp3) is 0.174. The second kappa shape index (κ2) is 9.00. The molecule has 6 nitrogen and oxygen atoms in total. The lowest BCUT2D eigenvalue weighted by Crippen LogP contribution is -2.17. The highest BCUT2D eigenvalue weighted by Crippen LogP contribution is 2.22. The number of benzene rings is 2. The first kappa shape index (κ1) is 20.0. The molecule has 0 unspecified atom stereocenters. The summed E-state index contributed by atoms with van der Waals surface area (Å²) in [6, 6.07) is 20.0. The van der Waals surface area contributed by atoms with Gasteiger partial charge in [-0.3, -0.25) is 9.47 Å². The first-order chi connectivity index (χ1) is 14.6. The van der Waals surface area contributed by atoms with Gasteiger partial charge in [0, 0.05) is 24.5 Å². The van der Waals surface area contributed by atoms with E-state index < -0.39 is 0 Å². The summed E-state index contributed by atoms with van der Waals surface area (Å²) in [6.07, 6.45) is 4.54. The maximum Gasteiger partial charge on any atom is 0.234 e. The van der Waals surface area contributed by atoms with Crippen LogP contribution in [0.15, 0.2) is 78.2 Å². The second-order valence-electron chi connectivity index (χ2n) is 7.04. The van der Waals surface area contributed by atoms with Crippen LogP contribution in [0.5, 0.6) is 0 Å². The molecule has 4 aromatic rings. The Morgan fingerprint density at radius 1 is 0.933 bits per heavy atom. The van der Waals surface area contributed by atoms with Crippen LogP contribution >= 0.6 is 11.8 Å². The molecule has 1 N–H and O–H groups in total. The van der Waals surface area contributed by atoms with Crippen LogP contribution in [0.4, 0.5) is 5.69 Å². The Morgan fingerprint density at radius 2 is 1.63 bits per heavy atom. The Hall–Kier alpha value is -3.32. The number of hydrogen-bond donors (Lipinski definition) is 1. The fourth-order valence-electron chi connectivity index (χ4n) is 3.28. The van der Waals surface area contributed by atoms with Gasteiger partial charge in [0.2, 0.25) is 11.1 Å². The predicted octanol–water partition coefficient (Wildman–Crippen LogP) is 4.33. The minimum absolute atomic E-state index is 0.0657. The summed E-state index contributed by atoms with van der Waals surface area (Å²) in [5.41, 5.74) is 4.13. The Morgan fingerprint density at radius 3 is 2.33 bits per heavy atom. The molecule has 0 fully saturated rings. The molecule has 2 aromatic heterocycles. The first-order valence-corrected chi connectivity index (χ1v) is 10.7. The highest BCUT2D eigenvalue weighted by Gasteiger charge is 2.16. The van der Waals surface area contributed by atoms with Crippen LogP contribution < -0.4 is 5.32 Å². The number of rotatable bonds is 7. The average Bonchev–Trinajstić information content (AvgIpc) is 3.40. The third-order valence-corrected chi connectivity index (χ3v) is 5.70. The van der Waals surface area contributed by atoms with E-state index in [0.29, 0.717) is 11.6 Å². The van der Waals surface area contributed by atoms with Crippen LogP contribution in [0.3, 0.4) is 0 Å². The van der Waals surface area contributed by atoms with Crippen molar-refractivity contribution >= 4 is 23.4 Å². The van der Waals surface area contributed by atoms with Gasteiger partial charge in [0.25, 0.3) is 0 Å². The van der Waals surface area contributed by atoms with Gasteiger partial charge in [-0.05, 0) is 42.7 Å². The molecule has 2 heterocycles. The molecule has 4 rings (SSSR count). The smallest absolute Gasteiger partial charge is 0.234 e. The zero-order valence-electron chi connectivity index (χ0n) is 16.9. The highest BCUT2D eigenvalue weighted by atomic mass is 32.2. The second-order valence-corrected chi connectivity index (χ2v) is 7.98. The van der Waals surface area contributed by atoms with Crippen molar-refractivity contribution in [3.63, 3.8) is 0 Å². The van der Waals surface area contributed by atoms with E-state index in [1.54, 1.807) is 0 Å². The average molecular weight is 418 g/mol. The molecule has 0 saturated carbocycles. The maximum absolute atomic E-state index is 12.6. The molecule has 152 valence electrons. The number of anilines is 1. The third-order valence-electron chi connectivity index (χ3n) is 4.78. The van der Waals surface area contributed by atoms with Crippen molar-refractivity contribution in [2.45, 2.75) is 25.4 Å². The number of thioether (sulfide) groups is 1. The van der Waals surface area contributed by atoms with Crippen LogP contribution in [0.1, 0.15) is 22.5 Å². The van der Waals surface area contributed by atoms with Crippen LogP contribution in [0.2, 0.25) is 0 Å². The fourth-order valence-corrected chi connectivity index (χ4v) is 4.04. The molecule has 0 saturated heterocycles. The number of nitrogens with zero attached hydrogens (tertiary/aromatic N) is 4. The molecular formula is C23H23N5OS. The third kappa shape index (κ3) is 4.46.